The average Bonchev–Trinajstić information content (AvgIpc) is 2.68. The summed E-state index contributed by atoms with van der Waals surface area (Å²) in [6, 6.07) is 1.77. The van der Waals surface area contributed by atoms with Gasteiger partial charge in [-0.25, -0.2) is 0 Å². The van der Waals surface area contributed by atoms with E-state index in [2.05, 4.69) is 28.9 Å². The standard InChI is InChI=1S/C12H18N4O/c1-12(2)4-6-16(8-12)10-7-14-5-3-9(10)11(13)15-17/h3,5,7,17H,4,6,8H2,1-2H3,(H2,13,15). The summed E-state index contributed by atoms with van der Waals surface area (Å²) in [4.78, 5) is 6.36. The van der Waals surface area contributed by atoms with Gasteiger partial charge in [0.2, 0.25) is 0 Å². The number of rotatable bonds is 2. The van der Waals surface area contributed by atoms with E-state index in [1.807, 2.05) is 0 Å². The molecule has 1 aromatic heterocycles. The van der Waals surface area contributed by atoms with Gasteiger partial charge in [-0.1, -0.05) is 19.0 Å². The van der Waals surface area contributed by atoms with Gasteiger partial charge in [-0.2, -0.15) is 0 Å². The lowest BCUT2D eigenvalue weighted by Crippen LogP contribution is -2.26. The first-order valence-electron chi connectivity index (χ1n) is 5.70. The van der Waals surface area contributed by atoms with Crippen molar-refractivity contribution in [3.05, 3.63) is 24.0 Å². The lowest BCUT2D eigenvalue weighted by molar-refractivity contribution is 0.318. The smallest absolute Gasteiger partial charge is 0.172 e. The number of nitrogens with two attached hydrogens (primary N) is 1. The number of aromatic nitrogens is 1. The third-order valence-electron chi connectivity index (χ3n) is 3.20. The summed E-state index contributed by atoms with van der Waals surface area (Å²) in [5.74, 6) is 0.132. The molecule has 0 atom stereocenters. The molecule has 1 aliphatic rings. The molecule has 1 saturated heterocycles. The lowest BCUT2D eigenvalue weighted by Gasteiger charge is -2.23. The topological polar surface area (TPSA) is 74.7 Å². The number of hydrogen-bond donors (Lipinski definition) is 2. The Morgan fingerprint density at radius 3 is 2.94 bits per heavy atom. The Hall–Kier alpha value is -1.78. The van der Waals surface area contributed by atoms with E-state index in [0.29, 0.717) is 5.41 Å². The molecule has 0 amide bonds. The first kappa shape index (κ1) is 11.7. The number of nitrogens with zero attached hydrogens (tertiary/aromatic N) is 3. The zero-order valence-electron chi connectivity index (χ0n) is 10.2. The van der Waals surface area contributed by atoms with Gasteiger partial charge in [-0.3, -0.25) is 4.98 Å². The molecule has 92 valence electrons. The van der Waals surface area contributed by atoms with Crippen molar-refractivity contribution in [3.63, 3.8) is 0 Å². The molecular formula is C12H18N4O. The van der Waals surface area contributed by atoms with Crippen LogP contribution in [0.25, 0.3) is 0 Å². The molecule has 0 saturated carbocycles. The highest BCUT2D eigenvalue weighted by Crippen LogP contribution is 2.33. The monoisotopic (exact) mass is 234 g/mol. The molecule has 3 N–H and O–H groups in total. The van der Waals surface area contributed by atoms with Crippen LogP contribution in [0.4, 0.5) is 5.69 Å². The van der Waals surface area contributed by atoms with Gasteiger partial charge >= 0.3 is 0 Å². The van der Waals surface area contributed by atoms with Crippen molar-refractivity contribution in [2.24, 2.45) is 16.3 Å². The molecule has 0 aromatic carbocycles. The molecule has 0 unspecified atom stereocenters. The van der Waals surface area contributed by atoms with Gasteiger partial charge in [0.15, 0.2) is 5.84 Å². The molecule has 0 aliphatic carbocycles. The Morgan fingerprint density at radius 2 is 2.35 bits per heavy atom. The third-order valence-corrected chi connectivity index (χ3v) is 3.20. The minimum Gasteiger partial charge on any atom is -0.409 e. The van der Waals surface area contributed by atoms with Crippen LogP contribution in [-0.4, -0.2) is 29.1 Å². The van der Waals surface area contributed by atoms with Crippen molar-refractivity contribution in [2.45, 2.75) is 20.3 Å². The average molecular weight is 234 g/mol. The first-order chi connectivity index (χ1) is 8.03. The molecule has 5 nitrogen and oxygen atoms in total. The molecule has 2 heterocycles. The molecule has 0 bridgehead atoms. The fourth-order valence-electron chi connectivity index (χ4n) is 2.23. The first-order valence-corrected chi connectivity index (χ1v) is 5.70. The molecule has 2 rings (SSSR count). The fraction of sp³-hybridized carbons (Fsp3) is 0.500. The second kappa shape index (κ2) is 4.24. The van der Waals surface area contributed by atoms with Crippen molar-refractivity contribution in [1.29, 1.82) is 0 Å². The van der Waals surface area contributed by atoms with Crippen molar-refractivity contribution < 1.29 is 5.21 Å². The lowest BCUT2D eigenvalue weighted by atomic mass is 9.93. The summed E-state index contributed by atoms with van der Waals surface area (Å²) in [6.07, 6.45) is 4.56. The number of pyridine rings is 1. The number of hydrogen-bond acceptors (Lipinski definition) is 4. The highest BCUT2D eigenvalue weighted by molar-refractivity contribution is 6.02. The van der Waals surface area contributed by atoms with Gasteiger partial charge in [0.25, 0.3) is 0 Å². The summed E-state index contributed by atoms with van der Waals surface area (Å²) in [5.41, 5.74) is 7.65. The molecule has 0 radical (unpaired) electrons. The van der Waals surface area contributed by atoms with E-state index >= 15 is 0 Å². The van der Waals surface area contributed by atoms with Crippen LogP contribution in [0, 0.1) is 5.41 Å². The predicted molar refractivity (Wildman–Crippen MR) is 67.4 cm³/mol. The SMILES string of the molecule is CC1(C)CCN(c2cnccc2/C(N)=N/O)C1. The van der Waals surface area contributed by atoms with E-state index in [4.69, 9.17) is 10.9 Å². The van der Waals surface area contributed by atoms with E-state index in [1.165, 1.54) is 0 Å². The number of oxime groups is 1. The normalized spacial score (nSPS) is 19.6. The minimum absolute atomic E-state index is 0.132. The summed E-state index contributed by atoms with van der Waals surface area (Å²) >= 11 is 0. The maximum absolute atomic E-state index is 8.78. The Balaban J connectivity index is 2.33. The van der Waals surface area contributed by atoms with Crippen molar-refractivity contribution >= 4 is 11.5 Å². The van der Waals surface area contributed by atoms with Gasteiger partial charge in [0.05, 0.1) is 11.9 Å². The molecule has 1 aromatic rings. The summed E-state index contributed by atoms with van der Waals surface area (Å²) in [7, 11) is 0. The maximum atomic E-state index is 8.78. The van der Waals surface area contributed by atoms with Crippen molar-refractivity contribution in [1.82, 2.24) is 4.98 Å². The fourth-order valence-corrected chi connectivity index (χ4v) is 2.23. The van der Waals surface area contributed by atoms with E-state index in [9.17, 15) is 0 Å². The van der Waals surface area contributed by atoms with Crippen LogP contribution in [0.1, 0.15) is 25.8 Å². The van der Waals surface area contributed by atoms with Gasteiger partial charge in [-0.15, -0.1) is 0 Å². The molecule has 0 spiro atoms. The second-order valence-corrected chi connectivity index (χ2v) is 5.21. The van der Waals surface area contributed by atoms with E-state index in [1.54, 1.807) is 18.5 Å². The predicted octanol–water partition coefficient (Wildman–Crippen LogP) is 1.41. The van der Waals surface area contributed by atoms with Crippen LogP contribution in [0.3, 0.4) is 0 Å². The van der Waals surface area contributed by atoms with Gasteiger partial charge < -0.3 is 15.8 Å². The molecule has 1 aliphatic heterocycles. The molecular weight excluding hydrogens is 216 g/mol. The summed E-state index contributed by atoms with van der Waals surface area (Å²) in [6.45, 7) is 6.42. The highest BCUT2D eigenvalue weighted by Gasteiger charge is 2.30. The third kappa shape index (κ3) is 2.33. The number of amidine groups is 1. The Bertz CT molecular complexity index is 442. The number of anilines is 1. The zero-order chi connectivity index (χ0) is 12.5. The van der Waals surface area contributed by atoms with E-state index in [0.717, 1.165) is 30.8 Å². The van der Waals surface area contributed by atoms with E-state index < -0.39 is 0 Å². The Labute approximate surface area is 101 Å². The van der Waals surface area contributed by atoms with Gasteiger partial charge in [-0.05, 0) is 17.9 Å². The largest absolute Gasteiger partial charge is 0.409 e. The Kier molecular flexibility index (Phi) is 2.92. The van der Waals surface area contributed by atoms with Crippen molar-refractivity contribution in [3.8, 4) is 0 Å². The quantitative estimate of drug-likeness (QED) is 0.351. The van der Waals surface area contributed by atoms with Crippen LogP contribution in [0.2, 0.25) is 0 Å². The second-order valence-electron chi connectivity index (χ2n) is 5.21. The van der Waals surface area contributed by atoms with Gasteiger partial charge in [0, 0.05) is 24.8 Å². The zero-order valence-corrected chi connectivity index (χ0v) is 10.2. The van der Waals surface area contributed by atoms with Crippen LogP contribution in [0.5, 0.6) is 0 Å². The maximum Gasteiger partial charge on any atom is 0.172 e. The van der Waals surface area contributed by atoms with E-state index in [-0.39, 0.29) is 5.84 Å². The molecule has 5 heteroatoms. The van der Waals surface area contributed by atoms with Crippen LogP contribution >= 0.6 is 0 Å². The summed E-state index contributed by atoms with van der Waals surface area (Å²) < 4.78 is 0. The van der Waals surface area contributed by atoms with Crippen LogP contribution in [0.15, 0.2) is 23.6 Å². The highest BCUT2D eigenvalue weighted by atomic mass is 16.4. The van der Waals surface area contributed by atoms with Crippen LogP contribution in [-0.2, 0) is 0 Å². The van der Waals surface area contributed by atoms with Gasteiger partial charge in [0.1, 0.15) is 0 Å². The molecule has 1 fully saturated rings. The Morgan fingerprint density at radius 1 is 1.59 bits per heavy atom. The van der Waals surface area contributed by atoms with Crippen LogP contribution < -0.4 is 10.6 Å². The molecule has 17 heavy (non-hydrogen) atoms. The minimum atomic E-state index is 0.132. The summed E-state index contributed by atoms with van der Waals surface area (Å²) in [5, 5.41) is 11.8. The van der Waals surface area contributed by atoms with Crippen molar-refractivity contribution in [2.75, 3.05) is 18.0 Å².